The van der Waals surface area contributed by atoms with E-state index in [1.165, 1.54) is 0 Å². The van der Waals surface area contributed by atoms with E-state index in [-0.39, 0.29) is 5.75 Å². The second kappa shape index (κ2) is 10.7. The number of nitrogens with one attached hydrogen (secondary N) is 1. The van der Waals surface area contributed by atoms with E-state index in [9.17, 15) is 8.78 Å². The number of hydrogen-bond acceptors (Lipinski definition) is 7. The minimum Gasteiger partial charge on any atom is -0.497 e. The van der Waals surface area contributed by atoms with Crippen LogP contribution in [0.25, 0.3) is 5.69 Å². The smallest absolute Gasteiger partial charge is 0.387 e. The molecule has 0 spiro atoms. The van der Waals surface area contributed by atoms with Gasteiger partial charge in [-0.2, -0.15) is 13.9 Å². The van der Waals surface area contributed by atoms with Crippen molar-refractivity contribution in [1.29, 1.82) is 0 Å². The van der Waals surface area contributed by atoms with Gasteiger partial charge >= 0.3 is 6.61 Å². The summed E-state index contributed by atoms with van der Waals surface area (Å²) in [4.78, 5) is 12.2. The summed E-state index contributed by atoms with van der Waals surface area (Å²) >= 11 is 0. The van der Waals surface area contributed by atoms with Crippen LogP contribution in [0.3, 0.4) is 0 Å². The summed E-state index contributed by atoms with van der Waals surface area (Å²) in [7, 11) is 1.62. The van der Waals surface area contributed by atoms with E-state index < -0.39 is 12.7 Å². The highest BCUT2D eigenvalue weighted by Crippen LogP contribution is 2.50. The maximum Gasteiger partial charge on any atom is 0.387 e. The molecule has 0 amide bonds. The summed E-state index contributed by atoms with van der Waals surface area (Å²) in [6.07, 6.45) is 0. The zero-order valence-electron chi connectivity index (χ0n) is 23.3. The summed E-state index contributed by atoms with van der Waals surface area (Å²) in [6.45, 7) is -1.09. The monoisotopic (exact) mass is 576 g/mol. The van der Waals surface area contributed by atoms with Crippen molar-refractivity contribution in [3.63, 3.8) is 0 Å². The molecule has 0 unspecified atom stereocenters. The minimum atomic E-state index is -2.99. The first-order chi connectivity index (χ1) is 21.0. The number of anilines is 2. The first kappa shape index (κ1) is 26.4. The van der Waals surface area contributed by atoms with Gasteiger partial charge in [0, 0.05) is 16.8 Å². The molecule has 2 aliphatic rings. The molecule has 2 aliphatic heterocycles. The maximum atomic E-state index is 13.7. The van der Waals surface area contributed by atoms with Crippen LogP contribution in [-0.4, -0.2) is 35.2 Å². The first-order valence-electron chi connectivity index (χ1n) is 13.7. The Balaban J connectivity index is 1.49. The van der Waals surface area contributed by atoms with Crippen LogP contribution in [0.2, 0.25) is 0 Å². The number of ether oxygens (including phenoxy) is 2. The number of aryl methyl sites for hydroxylation is 1. The van der Waals surface area contributed by atoms with Gasteiger partial charge in [-0.1, -0.05) is 48.5 Å². The number of methoxy groups -OCH3 is 1. The topological polar surface area (TPSA) is 76.3 Å². The van der Waals surface area contributed by atoms with Crippen molar-refractivity contribution < 1.29 is 18.3 Å². The molecule has 1 atom stereocenters. The average Bonchev–Trinajstić information content (AvgIpc) is 3.37. The largest absolute Gasteiger partial charge is 0.497 e. The Morgan fingerprint density at radius 1 is 0.837 bits per heavy atom. The predicted octanol–water partition coefficient (Wildman–Crippen LogP) is 7.59. The molecule has 8 nitrogen and oxygen atoms in total. The van der Waals surface area contributed by atoms with Gasteiger partial charge in [0.1, 0.15) is 11.5 Å². The molecule has 0 fully saturated rings. The Hall–Kier alpha value is -5.51. The molecule has 4 aromatic carbocycles. The van der Waals surface area contributed by atoms with Gasteiger partial charge in [-0.3, -0.25) is 0 Å². The lowest BCUT2D eigenvalue weighted by Gasteiger charge is -2.41. The summed E-state index contributed by atoms with van der Waals surface area (Å²) in [5.74, 6) is 2.38. The first-order valence-corrected chi connectivity index (χ1v) is 13.7. The van der Waals surface area contributed by atoms with Gasteiger partial charge in [-0.25, -0.2) is 14.7 Å². The van der Waals surface area contributed by atoms with E-state index in [0.717, 1.165) is 28.4 Å². The van der Waals surface area contributed by atoms with Crippen LogP contribution < -0.4 is 19.7 Å². The molecule has 7 rings (SSSR count). The number of hydrogen-bond donors (Lipinski definition) is 1. The van der Waals surface area contributed by atoms with Gasteiger partial charge in [0.05, 0.1) is 35.9 Å². The predicted molar refractivity (Wildman–Crippen MR) is 163 cm³/mol. The summed E-state index contributed by atoms with van der Waals surface area (Å²) in [5, 5.41) is 8.32. The number of aromatic nitrogens is 2. The number of para-hydroxylation sites is 4. The third-order valence-electron chi connectivity index (χ3n) is 7.42. The molecule has 3 heterocycles. The number of alkyl halides is 2. The maximum absolute atomic E-state index is 13.7. The van der Waals surface area contributed by atoms with Crippen molar-refractivity contribution in [3.8, 4) is 17.2 Å². The molecule has 214 valence electrons. The zero-order chi connectivity index (χ0) is 29.5. The number of halogens is 2. The molecule has 43 heavy (non-hydrogen) atoms. The molecule has 0 saturated heterocycles. The van der Waals surface area contributed by atoms with Gasteiger partial charge in [-0.15, -0.1) is 0 Å². The van der Waals surface area contributed by atoms with Crippen LogP contribution in [-0.2, 0) is 0 Å². The lowest BCUT2D eigenvalue weighted by Crippen LogP contribution is -2.46. The highest BCUT2D eigenvalue weighted by molar-refractivity contribution is 6.51. The highest BCUT2D eigenvalue weighted by Gasteiger charge is 2.42. The Labute approximate surface area is 246 Å². The number of fused-ring (bicyclic) bond motifs is 4. The Bertz CT molecular complexity index is 1870. The Morgan fingerprint density at radius 2 is 1.56 bits per heavy atom. The molecule has 1 aromatic heterocycles. The van der Waals surface area contributed by atoms with Crippen LogP contribution in [0.1, 0.15) is 22.9 Å². The normalized spacial score (nSPS) is 15.2. The van der Waals surface area contributed by atoms with E-state index in [1.807, 2.05) is 96.8 Å². The van der Waals surface area contributed by atoms with Crippen molar-refractivity contribution in [2.45, 2.75) is 19.6 Å². The quantitative estimate of drug-likeness (QED) is 0.225. The van der Waals surface area contributed by atoms with Gasteiger partial charge in [0.2, 0.25) is 0 Å². The molecule has 0 radical (unpaired) electrons. The SMILES string of the molecule is COc1ccc(NC2=Nc3ccccc3N3C2=Nc2c(c(C)nn2-c2ccccc2)[C@@H]3c2ccccc2OC(F)F)cc1. The van der Waals surface area contributed by atoms with Crippen LogP contribution in [0.5, 0.6) is 11.5 Å². The Kier molecular flexibility index (Phi) is 6.58. The second-order valence-corrected chi connectivity index (χ2v) is 10.00. The van der Waals surface area contributed by atoms with Crippen LogP contribution in [0.4, 0.5) is 31.7 Å². The van der Waals surface area contributed by atoms with E-state index in [1.54, 1.807) is 30.0 Å². The van der Waals surface area contributed by atoms with E-state index in [4.69, 9.17) is 24.6 Å². The van der Waals surface area contributed by atoms with Gasteiger partial charge < -0.3 is 19.7 Å². The van der Waals surface area contributed by atoms with Crippen molar-refractivity contribution in [2.24, 2.45) is 9.98 Å². The number of amidine groups is 2. The lowest BCUT2D eigenvalue weighted by molar-refractivity contribution is -0.0505. The standard InChI is InChI=1S/C33H26F2N6O2/c1-20-28-29(24-12-6-9-15-27(24)43-33(34)35)40-26-14-8-7-13-25(26)37-30(36-21-16-18-23(42-2)19-17-21)32(40)38-31(28)41(39-20)22-10-4-3-5-11-22/h3-19,29,33H,1-2H3,(H,36,37)/t29-/m0/s1. The molecular weight excluding hydrogens is 550 g/mol. The molecule has 5 aromatic rings. The summed E-state index contributed by atoms with van der Waals surface area (Å²) < 4.78 is 39.5. The number of benzene rings is 4. The van der Waals surface area contributed by atoms with Gasteiger partial charge in [0.15, 0.2) is 17.5 Å². The molecule has 1 N–H and O–H groups in total. The average molecular weight is 577 g/mol. The van der Waals surface area contributed by atoms with Crippen LogP contribution in [0, 0.1) is 6.92 Å². The van der Waals surface area contributed by atoms with Crippen molar-refractivity contribution >= 4 is 34.6 Å². The van der Waals surface area contributed by atoms with Gasteiger partial charge in [0.25, 0.3) is 0 Å². The number of nitrogens with zero attached hydrogens (tertiary/aromatic N) is 5. The molecule has 0 saturated carbocycles. The summed E-state index contributed by atoms with van der Waals surface area (Å²) in [6, 6.07) is 31.1. The highest BCUT2D eigenvalue weighted by atomic mass is 19.3. The zero-order valence-corrected chi connectivity index (χ0v) is 23.3. The lowest BCUT2D eigenvalue weighted by atomic mass is 9.92. The van der Waals surface area contributed by atoms with E-state index in [0.29, 0.717) is 34.4 Å². The number of aliphatic imine (C=N–C) groups is 2. The minimum absolute atomic E-state index is 0.0752. The van der Waals surface area contributed by atoms with E-state index in [2.05, 4.69) is 5.32 Å². The third kappa shape index (κ3) is 4.66. The third-order valence-corrected chi connectivity index (χ3v) is 7.42. The molecule has 0 bridgehead atoms. The fraction of sp³-hybridized carbons (Fsp3) is 0.121. The molecule has 10 heteroatoms. The fourth-order valence-corrected chi connectivity index (χ4v) is 5.56. The van der Waals surface area contributed by atoms with Crippen molar-refractivity contribution in [3.05, 3.63) is 120 Å². The van der Waals surface area contributed by atoms with Crippen LogP contribution in [0.15, 0.2) is 113 Å². The Morgan fingerprint density at radius 3 is 2.33 bits per heavy atom. The van der Waals surface area contributed by atoms with Crippen LogP contribution >= 0.6 is 0 Å². The van der Waals surface area contributed by atoms with Gasteiger partial charge in [-0.05, 0) is 61.5 Å². The van der Waals surface area contributed by atoms with Crippen molar-refractivity contribution in [1.82, 2.24) is 9.78 Å². The summed E-state index contributed by atoms with van der Waals surface area (Å²) in [5.41, 5.74) is 5.10. The molecule has 0 aliphatic carbocycles. The fourth-order valence-electron chi connectivity index (χ4n) is 5.56. The molecular formula is C33H26F2N6O2. The number of rotatable bonds is 6. The van der Waals surface area contributed by atoms with Crippen molar-refractivity contribution in [2.75, 3.05) is 17.3 Å². The van der Waals surface area contributed by atoms with E-state index >= 15 is 0 Å². The second-order valence-electron chi connectivity index (χ2n) is 10.00.